The number of thiazole rings is 1. The number of carbonyl (C=O) groups is 1. The first-order valence-electron chi connectivity index (χ1n) is 8.86. The largest absolute Gasteiger partial charge is 0.325 e. The van der Waals surface area contributed by atoms with Crippen LogP contribution in [0.5, 0.6) is 0 Å². The molecule has 2 aromatic carbocycles. The van der Waals surface area contributed by atoms with Gasteiger partial charge in [-0.1, -0.05) is 37.2 Å². The molecule has 2 N–H and O–H groups in total. The second-order valence-electron chi connectivity index (χ2n) is 6.06. The zero-order valence-corrected chi connectivity index (χ0v) is 17.8. The van der Waals surface area contributed by atoms with E-state index in [0.717, 1.165) is 27.4 Å². The van der Waals surface area contributed by atoms with Crippen molar-refractivity contribution in [3.8, 4) is 0 Å². The molecule has 0 aliphatic heterocycles. The lowest BCUT2D eigenvalue weighted by molar-refractivity contribution is -0.113. The van der Waals surface area contributed by atoms with Gasteiger partial charge in [-0.25, -0.2) is 18.1 Å². The zero-order valence-electron chi connectivity index (χ0n) is 15.3. The number of unbranched alkanes of at least 4 members (excludes halogenated alkanes) is 1. The van der Waals surface area contributed by atoms with Crippen LogP contribution in [0.3, 0.4) is 0 Å². The van der Waals surface area contributed by atoms with Gasteiger partial charge in [0.15, 0.2) is 4.34 Å². The molecule has 6 nitrogen and oxygen atoms in total. The number of rotatable bonds is 9. The number of hydrogen-bond acceptors (Lipinski definition) is 6. The molecular weight excluding hydrogens is 414 g/mol. The van der Waals surface area contributed by atoms with Crippen LogP contribution >= 0.6 is 23.1 Å². The third kappa shape index (κ3) is 5.54. The number of nitrogens with zero attached hydrogens (tertiary/aromatic N) is 1. The molecule has 0 unspecified atom stereocenters. The lowest BCUT2D eigenvalue weighted by Crippen LogP contribution is -2.24. The number of thioether (sulfide) groups is 1. The van der Waals surface area contributed by atoms with E-state index in [1.807, 2.05) is 31.2 Å². The molecule has 0 aliphatic carbocycles. The van der Waals surface area contributed by atoms with Gasteiger partial charge in [0.1, 0.15) is 0 Å². The second kappa shape index (κ2) is 9.51. The van der Waals surface area contributed by atoms with Crippen molar-refractivity contribution in [1.29, 1.82) is 0 Å². The summed E-state index contributed by atoms with van der Waals surface area (Å²) in [6.45, 7) is 2.42. The quantitative estimate of drug-likeness (QED) is 0.390. The minimum Gasteiger partial charge on any atom is -0.325 e. The third-order valence-corrected chi connectivity index (χ3v) is 7.53. The first-order chi connectivity index (χ1) is 13.5. The van der Waals surface area contributed by atoms with Crippen LogP contribution in [-0.2, 0) is 14.8 Å². The maximum atomic E-state index is 12.2. The Hall–Kier alpha value is -1.94. The van der Waals surface area contributed by atoms with Crippen LogP contribution in [0.25, 0.3) is 10.2 Å². The Kier molecular flexibility index (Phi) is 7.06. The predicted octanol–water partition coefficient (Wildman–Crippen LogP) is 4.11. The fourth-order valence-corrected chi connectivity index (χ4v) is 5.36. The number of carbonyl (C=O) groups excluding carboxylic acids is 1. The van der Waals surface area contributed by atoms with Gasteiger partial charge in [0.05, 0.1) is 20.9 Å². The molecular formula is C19H21N3O3S3. The molecule has 0 atom stereocenters. The molecule has 0 aliphatic rings. The van der Waals surface area contributed by atoms with Crippen molar-refractivity contribution in [2.24, 2.45) is 0 Å². The van der Waals surface area contributed by atoms with Crippen LogP contribution in [0, 0.1) is 0 Å². The van der Waals surface area contributed by atoms with E-state index in [1.165, 1.54) is 23.9 Å². The molecule has 0 bridgehead atoms. The van der Waals surface area contributed by atoms with Gasteiger partial charge in [-0.2, -0.15) is 0 Å². The van der Waals surface area contributed by atoms with Gasteiger partial charge < -0.3 is 5.32 Å². The number of para-hydroxylation sites is 1. The molecule has 3 rings (SSSR count). The number of amides is 1. The molecule has 1 aromatic heterocycles. The highest BCUT2D eigenvalue weighted by atomic mass is 32.2. The average molecular weight is 436 g/mol. The topological polar surface area (TPSA) is 88.2 Å². The van der Waals surface area contributed by atoms with Crippen molar-refractivity contribution in [1.82, 2.24) is 9.71 Å². The van der Waals surface area contributed by atoms with Crippen LogP contribution in [0.4, 0.5) is 5.69 Å². The summed E-state index contributed by atoms with van der Waals surface area (Å²) in [5, 5.41) is 2.78. The van der Waals surface area contributed by atoms with Crippen molar-refractivity contribution >= 4 is 54.9 Å². The minimum atomic E-state index is -3.51. The predicted molar refractivity (Wildman–Crippen MR) is 116 cm³/mol. The Balaban J connectivity index is 1.54. The van der Waals surface area contributed by atoms with Gasteiger partial charge in [-0.3, -0.25) is 4.79 Å². The van der Waals surface area contributed by atoms with Crippen LogP contribution in [0.1, 0.15) is 19.8 Å². The Labute approximate surface area is 172 Å². The molecule has 148 valence electrons. The first-order valence-corrected chi connectivity index (χ1v) is 12.1. The van der Waals surface area contributed by atoms with Crippen LogP contribution in [-0.4, -0.2) is 31.6 Å². The second-order valence-corrected chi connectivity index (χ2v) is 10.1. The van der Waals surface area contributed by atoms with Crippen molar-refractivity contribution in [3.63, 3.8) is 0 Å². The van der Waals surface area contributed by atoms with Crippen molar-refractivity contribution in [2.45, 2.75) is 29.0 Å². The Morgan fingerprint density at radius 3 is 2.61 bits per heavy atom. The number of aromatic nitrogens is 1. The highest BCUT2D eigenvalue weighted by Gasteiger charge is 2.13. The molecule has 1 heterocycles. The highest BCUT2D eigenvalue weighted by molar-refractivity contribution is 8.01. The fraction of sp³-hybridized carbons (Fsp3) is 0.263. The Morgan fingerprint density at radius 2 is 1.89 bits per heavy atom. The van der Waals surface area contributed by atoms with E-state index in [2.05, 4.69) is 15.0 Å². The normalized spacial score (nSPS) is 11.6. The number of fused-ring (bicyclic) bond motifs is 1. The molecule has 3 aromatic rings. The van der Waals surface area contributed by atoms with E-state index in [0.29, 0.717) is 12.2 Å². The highest BCUT2D eigenvalue weighted by Crippen LogP contribution is 2.29. The van der Waals surface area contributed by atoms with E-state index in [9.17, 15) is 13.2 Å². The van der Waals surface area contributed by atoms with E-state index >= 15 is 0 Å². The SMILES string of the molecule is CCCCNS(=O)(=O)c1ccc(NC(=O)CSc2nc3ccccc3s2)cc1. The summed E-state index contributed by atoms with van der Waals surface area (Å²) in [5.41, 5.74) is 1.49. The molecule has 0 saturated carbocycles. The van der Waals surface area contributed by atoms with Gasteiger partial charge in [0.2, 0.25) is 15.9 Å². The maximum Gasteiger partial charge on any atom is 0.240 e. The van der Waals surface area contributed by atoms with Gasteiger partial charge in [-0.15, -0.1) is 11.3 Å². The molecule has 28 heavy (non-hydrogen) atoms. The van der Waals surface area contributed by atoms with Crippen LogP contribution < -0.4 is 10.0 Å². The Morgan fingerprint density at radius 1 is 1.14 bits per heavy atom. The summed E-state index contributed by atoms with van der Waals surface area (Å²) >= 11 is 2.94. The van der Waals surface area contributed by atoms with E-state index in [4.69, 9.17) is 0 Å². The van der Waals surface area contributed by atoms with Gasteiger partial charge in [-0.05, 0) is 42.8 Å². The van der Waals surface area contributed by atoms with Crippen LogP contribution in [0.15, 0.2) is 57.8 Å². The van der Waals surface area contributed by atoms with E-state index < -0.39 is 10.0 Å². The lowest BCUT2D eigenvalue weighted by Gasteiger charge is -2.08. The van der Waals surface area contributed by atoms with E-state index in [1.54, 1.807) is 23.5 Å². The molecule has 0 spiro atoms. The third-order valence-electron chi connectivity index (χ3n) is 3.87. The summed E-state index contributed by atoms with van der Waals surface area (Å²) in [7, 11) is -3.51. The number of anilines is 1. The summed E-state index contributed by atoms with van der Waals surface area (Å²) < 4.78 is 28.8. The van der Waals surface area contributed by atoms with Crippen molar-refractivity contribution in [2.75, 3.05) is 17.6 Å². The van der Waals surface area contributed by atoms with Gasteiger partial charge >= 0.3 is 0 Å². The van der Waals surface area contributed by atoms with Gasteiger partial charge in [0.25, 0.3) is 0 Å². The zero-order chi connectivity index (χ0) is 20.0. The molecule has 0 radical (unpaired) electrons. The summed E-state index contributed by atoms with van der Waals surface area (Å²) in [5.74, 6) is 0.0688. The molecule has 0 saturated heterocycles. The number of benzene rings is 2. The fourth-order valence-electron chi connectivity index (χ4n) is 2.42. The first kappa shape index (κ1) is 20.8. The standard InChI is InChI=1S/C19H21N3O3S3/c1-2-3-12-20-28(24,25)15-10-8-14(9-11-15)21-18(23)13-26-19-22-16-6-4-5-7-17(16)27-19/h4-11,20H,2-3,12-13H2,1H3,(H,21,23). The molecule has 9 heteroatoms. The van der Waals surface area contributed by atoms with E-state index in [-0.39, 0.29) is 16.6 Å². The summed E-state index contributed by atoms with van der Waals surface area (Å²) in [4.78, 5) is 16.8. The monoisotopic (exact) mass is 435 g/mol. The Bertz CT molecular complexity index is 1010. The number of sulfonamides is 1. The number of nitrogens with one attached hydrogen (secondary N) is 2. The van der Waals surface area contributed by atoms with Crippen molar-refractivity contribution in [3.05, 3.63) is 48.5 Å². The van der Waals surface area contributed by atoms with Gasteiger partial charge in [0, 0.05) is 12.2 Å². The smallest absolute Gasteiger partial charge is 0.240 e. The average Bonchev–Trinajstić information content (AvgIpc) is 3.10. The van der Waals surface area contributed by atoms with Crippen molar-refractivity contribution < 1.29 is 13.2 Å². The summed E-state index contributed by atoms with van der Waals surface area (Å²) in [6.07, 6.45) is 1.71. The lowest BCUT2D eigenvalue weighted by atomic mass is 10.3. The number of hydrogen-bond donors (Lipinski definition) is 2. The molecule has 0 fully saturated rings. The minimum absolute atomic E-state index is 0.166. The van der Waals surface area contributed by atoms with Crippen LogP contribution in [0.2, 0.25) is 0 Å². The summed E-state index contributed by atoms with van der Waals surface area (Å²) in [6, 6.07) is 14.0. The molecule has 1 amide bonds. The maximum absolute atomic E-state index is 12.2.